The Morgan fingerprint density at radius 1 is 1.30 bits per heavy atom. The molecule has 0 bridgehead atoms. The third-order valence-corrected chi connectivity index (χ3v) is 8.04. The predicted octanol–water partition coefficient (Wildman–Crippen LogP) is 6.55. The number of thioether (sulfide) groups is 1. The molecule has 140 valence electrons. The maximum atomic E-state index is 12.2. The van der Waals surface area contributed by atoms with E-state index < -0.39 is 0 Å². The number of carbonyl (C=O) groups is 1. The first-order valence-corrected chi connectivity index (χ1v) is 11.6. The van der Waals surface area contributed by atoms with Gasteiger partial charge in [0.25, 0.3) is 0 Å². The largest absolute Gasteiger partial charge is 0.466 e. The molecular weight excluding hydrogens is 442 g/mol. The Hall–Kier alpha value is -1.37. The number of thiophene rings is 1. The highest BCUT2D eigenvalue weighted by molar-refractivity contribution is 9.10. The molecule has 0 saturated heterocycles. The SMILES string of the molecule is CCOC(=O)C1CCCC1Sc1ccc(-c2ccnc3ccc(Br)cc23)s1. The normalized spacial score (nSPS) is 19.5. The van der Waals surface area contributed by atoms with E-state index in [0.717, 1.165) is 34.6 Å². The third-order valence-electron chi connectivity index (χ3n) is 4.86. The van der Waals surface area contributed by atoms with Crippen LogP contribution in [-0.4, -0.2) is 22.8 Å². The van der Waals surface area contributed by atoms with E-state index in [1.54, 1.807) is 11.3 Å². The number of aromatic nitrogens is 1. The van der Waals surface area contributed by atoms with Crippen molar-refractivity contribution in [2.24, 2.45) is 5.92 Å². The zero-order chi connectivity index (χ0) is 18.8. The Kier molecular flexibility index (Phi) is 5.85. The van der Waals surface area contributed by atoms with E-state index in [2.05, 4.69) is 45.2 Å². The maximum absolute atomic E-state index is 12.2. The molecule has 0 N–H and O–H groups in total. The Balaban J connectivity index is 1.58. The second-order valence-corrected chi connectivity index (χ2v) is 10.1. The van der Waals surface area contributed by atoms with Crippen LogP contribution >= 0.6 is 39.0 Å². The Labute approximate surface area is 175 Å². The molecule has 0 radical (unpaired) electrons. The molecule has 0 aliphatic heterocycles. The summed E-state index contributed by atoms with van der Waals surface area (Å²) in [5.41, 5.74) is 2.20. The van der Waals surface area contributed by atoms with Gasteiger partial charge in [-0.3, -0.25) is 9.78 Å². The molecule has 1 aromatic carbocycles. The van der Waals surface area contributed by atoms with Crippen molar-refractivity contribution in [3.63, 3.8) is 0 Å². The monoisotopic (exact) mass is 461 g/mol. The summed E-state index contributed by atoms with van der Waals surface area (Å²) in [7, 11) is 0. The van der Waals surface area contributed by atoms with E-state index in [-0.39, 0.29) is 11.9 Å². The molecule has 0 amide bonds. The topological polar surface area (TPSA) is 39.2 Å². The first-order chi connectivity index (χ1) is 13.2. The maximum Gasteiger partial charge on any atom is 0.310 e. The molecule has 1 fully saturated rings. The van der Waals surface area contributed by atoms with Gasteiger partial charge in [0.05, 0.1) is 22.3 Å². The fraction of sp³-hybridized carbons (Fsp3) is 0.333. The first kappa shape index (κ1) is 19.0. The molecule has 27 heavy (non-hydrogen) atoms. The van der Waals surface area contributed by atoms with E-state index in [4.69, 9.17) is 4.74 Å². The van der Waals surface area contributed by atoms with Gasteiger partial charge in [0.2, 0.25) is 0 Å². The van der Waals surface area contributed by atoms with Gasteiger partial charge in [-0.1, -0.05) is 22.4 Å². The van der Waals surface area contributed by atoms with Crippen molar-refractivity contribution < 1.29 is 9.53 Å². The van der Waals surface area contributed by atoms with Crippen LogP contribution in [0.1, 0.15) is 26.2 Å². The van der Waals surface area contributed by atoms with Crippen LogP contribution in [0, 0.1) is 5.92 Å². The van der Waals surface area contributed by atoms with Gasteiger partial charge in [-0.2, -0.15) is 0 Å². The van der Waals surface area contributed by atoms with E-state index in [9.17, 15) is 4.79 Å². The minimum atomic E-state index is -0.0331. The number of carbonyl (C=O) groups excluding carboxylic acids is 1. The van der Waals surface area contributed by atoms with Crippen LogP contribution in [-0.2, 0) is 9.53 Å². The average molecular weight is 462 g/mol. The molecule has 0 spiro atoms. The van der Waals surface area contributed by atoms with E-state index >= 15 is 0 Å². The predicted molar refractivity (Wildman–Crippen MR) is 116 cm³/mol. The summed E-state index contributed by atoms with van der Waals surface area (Å²) in [5.74, 6) is -0.00697. The molecule has 2 atom stereocenters. The van der Waals surface area contributed by atoms with Gasteiger partial charge in [0.15, 0.2) is 0 Å². The molecular formula is C21H20BrNO2S2. The van der Waals surface area contributed by atoms with Crippen LogP contribution < -0.4 is 0 Å². The van der Waals surface area contributed by atoms with Gasteiger partial charge >= 0.3 is 5.97 Å². The number of esters is 1. The highest BCUT2D eigenvalue weighted by Crippen LogP contribution is 2.44. The van der Waals surface area contributed by atoms with Gasteiger partial charge in [-0.25, -0.2) is 0 Å². The highest BCUT2D eigenvalue weighted by Gasteiger charge is 2.35. The first-order valence-electron chi connectivity index (χ1n) is 9.13. The number of nitrogens with zero attached hydrogens (tertiary/aromatic N) is 1. The number of hydrogen-bond donors (Lipinski definition) is 0. The van der Waals surface area contributed by atoms with Crippen LogP contribution in [0.4, 0.5) is 0 Å². The fourth-order valence-electron chi connectivity index (χ4n) is 3.60. The summed E-state index contributed by atoms with van der Waals surface area (Å²) >= 11 is 7.18. The molecule has 4 rings (SSSR count). The number of benzene rings is 1. The van der Waals surface area contributed by atoms with E-state index in [1.807, 2.05) is 37.0 Å². The van der Waals surface area contributed by atoms with Gasteiger partial charge in [-0.05, 0) is 56.2 Å². The van der Waals surface area contributed by atoms with Crippen molar-refractivity contribution in [2.45, 2.75) is 35.6 Å². The number of ether oxygens (including phenoxy) is 1. The van der Waals surface area contributed by atoms with Gasteiger partial charge in [0, 0.05) is 31.7 Å². The number of pyridine rings is 1. The van der Waals surface area contributed by atoms with Crippen molar-refractivity contribution in [3.8, 4) is 10.4 Å². The molecule has 1 saturated carbocycles. The lowest BCUT2D eigenvalue weighted by Gasteiger charge is -2.16. The minimum Gasteiger partial charge on any atom is -0.466 e. The standard InChI is InChI=1S/C21H20BrNO2S2/c1-2-25-21(24)15-4-3-5-18(15)26-20-9-8-19(27-20)14-10-11-23-17-7-6-13(22)12-16(14)17/h6-12,15,18H,2-5H2,1H3. The molecule has 2 heterocycles. The fourth-order valence-corrected chi connectivity index (χ4v) is 6.71. The number of rotatable bonds is 5. The Bertz CT molecular complexity index is 972. The van der Waals surface area contributed by atoms with Crippen molar-refractivity contribution in [3.05, 3.63) is 47.1 Å². The lowest BCUT2D eigenvalue weighted by molar-refractivity contribution is -0.147. The summed E-state index contributed by atoms with van der Waals surface area (Å²) in [6, 6.07) is 12.6. The van der Waals surface area contributed by atoms with Crippen LogP contribution in [0.15, 0.2) is 51.3 Å². The zero-order valence-electron chi connectivity index (χ0n) is 15.0. The van der Waals surface area contributed by atoms with Crippen molar-refractivity contribution in [1.29, 1.82) is 0 Å². The number of fused-ring (bicyclic) bond motifs is 1. The van der Waals surface area contributed by atoms with Crippen LogP contribution in [0.5, 0.6) is 0 Å². The van der Waals surface area contributed by atoms with Crippen molar-refractivity contribution >= 4 is 55.9 Å². The molecule has 3 nitrogen and oxygen atoms in total. The highest BCUT2D eigenvalue weighted by atomic mass is 79.9. The molecule has 3 aromatic rings. The lowest BCUT2D eigenvalue weighted by atomic mass is 10.1. The van der Waals surface area contributed by atoms with E-state index in [0.29, 0.717) is 11.9 Å². The molecule has 1 aliphatic carbocycles. The second-order valence-electron chi connectivity index (χ2n) is 6.58. The number of hydrogen-bond acceptors (Lipinski definition) is 5. The summed E-state index contributed by atoms with van der Waals surface area (Å²) < 4.78 is 7.58. The van der Waals surface area contributed by atoms with Crippen LogP contribution in [0.3, 0.4) is 0 Å². The number of halogens is 1. The molecule has 2 unspecified atom stereocenters. The summed E-state index contributed by atoms with van der Waals surface area (Å²) in [4.78, 5) is 17.9. The van der Waals surface area contributed by atoms with E-state index in [1.165, 1.54) is 14.6 Å². The quantitative estimate of drug-likeness (QED) is 0.403. The van der Waals surface area contributed by atoms with Crippen LogP contribution in [0.25, 0.3) is 21.3 Å². The van der Waals surface area contributed by atoms with Gasteiger partial charge < -0.3 is 4.74 Å². The van der Waals surface area contributed by atoms with Crippen molar-refractivity contribution in [2.75, 3.05) is 6.61 Å². The summed E-state index contributed by atoms with van der Waals surface area (Å²) in [5, 5.41) is 1.47. The lowest BCUT2D eigenvalue weighted by Crippen LogP contribution is -2.23. The van der Waals surface area contributed by atoms with Crippen molar-refractivity contribution in [1.82, 2.24) is 4.98 Å². The third kappa shape index (κ3) is 4.08. The smallest absolute Gasteiger partial charge is 0.310 e. The Morgan fingerprint density at radius 3 is 3.04 bits per heavy atom. The zero-order valence-corrected chi connectivity index (χ0v) is 18.2. The van der Waals surface area contributed by atoms with Gasteiger partial charge in [0.1, 0.15) is 0 Å². The molecule has 1 aliphatic rings. The average Bonchev–Trinajstić information content (AvgIpc) is 3.31. The summed E-state index contributed by atoms with van der Waals surface area (Å²) in [6.07, 6.45) is 4.98. The summed E-state index contributed by atoms with van der Waals surface area (Å²) in [6.45, 7) is 2.33. The second kappa shape index (κ2) is 8.33. The minimum absolute atomic E-state index is 0.0261. The molecule has 2 aromatic heterocycles. The van der Waals surface area contributed by atoms with Crippen LogP contribution in [0.2, 0.25) is 0 Å². The molecule has 6 heteroatoms. The van der Waals surface area contributed by atoms with Gasteiger partial charge in [-0.15, -0.1) is 23.1 Å². The Morgan fingerprint density at radius 2 is 2.19 bits per heavy atom.